The number of ether oxygens (including phenoxy) is 2. The molecule has 2 heterocycles. The highest BCUT2D eigenvalue weighted by Gasteiger charge is 2.33. The second-order valence-electron chi connectivity index (χ2n) is 9.18. The maximum atomic E-state index is 6.49. The second-order valence-corrected chi connectivity index (χ2v) is 9.59. The van der Waals surface area contributed by atoms with Crippen molar-refractivity contribution in [2.24, 2.45) is 11.8 Å². The van der Waals surface area contributed by atoms with Gasteiger partial charge in [-0.15, -0.1) is 0 Å². The number of halogens is 1. The van der Waals surface area contributed by atoms with Gasteiger partial charge >= 0.3 is 0 Å². The van der Waals surface area contributed by atoms with E-state index >= 15 is 0 Å². The first-order valence-electron chi connectivity index (χ1n) is 11.1. The Labute approximate surface area is 175 Å². The maximum absolute atomic E-state index is 6.49. The Morgan fingerprint density at radius 1 is 1.18 bits per heavy atom. The van der Waals surface area contributed by atoms with E-state index in [1.165, 1.54) is 51.1 Å². The van der Waals surface area contributed by atoms with Crippen LogP contribution in [0.1, 0.15) is 38.7 Å². The zero-order valence-corrected chi connectivity index (χ0v) is 18.5. The van der Waals surface area contributed by atoms with Crippen LogP contribution in [0.5, 0.6) is 0 Å². The molecule has 0 aliphatic carbocycles. The van der Waals surface area contributed by atoms with Crippen molar-refractivity contribution >= 4 is 11.6 Å². The highest BCUT2D eigenvalue weighted by molar-refractivity contribution is 6.31. The van der Waals surface area contributed by atoms with Gasteiger partial charge in [0.2, 0.25) is 0 Å². The van der Waals surface area contributed by atoms with Crippen LogP contribution in [0.2, 0.25) is 5.02 Å². The minimum atomic E-state index is 0.00502. The second kappa shape index (κ2) is 10.9. The van der Waals surface area contributed by atoms with Gasteiger partial charge < -0.3 is 19.7 Å². The summed E-state index contributed by atoms with van der Waals surface area (Å²) in [5.74, 6) is 1.40. The van der Waals surface area contributed by atoms with Gasteiger partial charge in [0.1, 0.15) is 26.2 Å². The van der Waals surface area contributed by atoms with E-state index in [9.17, 15) is 0 Å². The van der Waals surface area contributed by atoms with Crippen molar-refractivity contribution in [3.63, 3.8) is 0 Å². The summed E-state index contributed by atoms with van der Waals surface area (Å²) < 4.78 is 11.4. The summed E-state index contributed by atoms with van der Waals surface area (Å²) in [5.41, 5.74) is 1.31. The van der Waals surface area contributed by atoms with E-state index in [1.807, 2.05) is 12.1 Å². The molecular weight excluding hydrogens is 372 g/mol. The lowest BCUT2D eigenvalue weighted by molar-refractivity contribution is -0.919. The number of hydrogen-bond acceptors (Lipinski definition) is 2. The van der Waals surface area contributed by atoms with Crippen molar-refractivity contribution in [2.75, 3.05) is 52.5 Å². The van der Waals surface area contributed by atoms with Crippen molar-refractivity contribution in [3.8, 4) is 0 Å². The smallest absolute Gasteiger partial charge is 0.127 e. The Morgan fingerprint density at radius 3 is 2.71 bits per heavy atom. The SMILES string of the molecule is CC1(C)C[C@H]([C@@H](CC[NH2+]CC[NH+]2CCOCC2)Cc2ccccc2Cl)CCO1. The summed E-state index contributed by atoms with van der Waals surface area (Å²) >= 11 is 6.49. The molecular formula is C23H39ClN2O2+2. The Balaban J connectivity index is 1.51. The van der Waals surface area contributed by atoms with Crippen molar-refractivity contribution in [1.29, 1.82) is 0 Å². The van der Waals surface area contributed by atoms with Gasteiger partial charge in [-0.1, -0.05) is 29.8 Å². The van der Waals surface area contributed by atoms with Crippen LogP contribution < -0.4 is 10.2 Å². The molecule has 0 amide bonds. The lowest BCUT2D eigenvalue weighted by Crippen LogP contribution is -3.16. The van der Waals surface area contributed by atoms with E-state index in [0.29, 0.717) is 5.92 Å². The standard InChI is InChI=1S/C23H37ClN2O2/c1-23(2)18-21(8-14-28-23)19(17-20-5-3-4-6-22(20)24)7-9-25-10-11-26-12-15-27-16-13-26/h3-6,19,21,25H,7-18H2,1-2H3/p+2/t19-,21+/m0/s1. The molecule has 0 aromatic heterocycles. The molecule has 0 bridgehead atoms. The molecule has 0 spiro atoms. The lowest BCUT2D eigenvalue weighted by Gasteiger charge is -2.39. The highest BCUT2D eigenvalue weighted by Crippen LogP contribution is 2.36. The van der Waals surface area contributed by atoms with Gasteiger partial charge in [0.25, 0.3) is 0 Å². The Hall–Kier alpha value is -0.650. The number of morpholine rings is 1. The molecule has 1 aromatic carbocycles. The molecule has 2 aliphatic heterocycles. The molecule has 5 heteroatoms. The van der Waals surface area contributed by atoms with E-state index < -0.39 is 0 Å². The number of nitrogens with two attached hydrogens (primary N) is 1. The summed E-state index contributed by atoms with van der Waals surface area (Å²) in [6.45, 7) is 13.2. The van der Waals surface area contributed by atoms with Crippen molar-refractivity contribution in [2.45, 2.75) is 45.1 Å². The molecule has 3 rings (SSSR count). The predicted octanol–water partition coefficient (Wildman–Crippen LogP) is 1.57. The van der Waals surface area contributed by atoms with Gasteiger partial charge in [0.05, 0.1) is 25.4 Å². The van der Waals surface area contributed by atoms with E-state index in [4.69, 9.17) is 21.1 Å². The molecule has 0 unspecified atom stereocenters. The van der Waals surface area contributed by atoms with Crippen LogP contribution in [-0.4, -0.2) is 58.1 Å². The van der Waals surface area contributed by atoms with Crippen LogP contribution >= 0.6 is 11.6 Å². The summed E-state index contributed by atoms with van der Waals surface area (Å²) in [4.78, 5) is 1.70. The van der Waals surface area contributed by atoms with Gasteiger partial charge in [-0.25, -0.2) is 0 Å². The highest BCUT2D eigenvalue weighted by atomic mass is 35.5. The third-order valence-electron chi connectivity index (χ3n) is 6.49. The predicted molar refractivity (Wildman–Crippen MR) is 114 cm³/mol. The third kappa shape index (κ3) is 7.00. The minimum absolute atomic E-state index is 0.00502. The third-order valence-corrected chi connectivity index (χ3v) is 6.85. The molecule has 4 nitrogen and oxygen atoms in total. The van der Waals surface area contributed by atoms with Crippen molar-refractivity contribution < 1.29 is 19.7 Å². The van der Waals surface area contributed by atoms with Crippen LogP contribution in [0.4, 0.5) is 0 Å². The summed E-state index contributed by atoms with van der Waals surface area (Å²) in [5, 5.41) is 3.44. The molecule has 2 aliphatic rings. The fraction of sp³-hybridized carbons (Fsp3) is 0.739. The average Bonchev–Trinajstić information content (AvgIpc) is 2.68. The zero-order valence-electron chi connectivity index (χ0n) is 17.7. The number of benzene rings is 1. The number of nitrogens with one attached hydrogen (secondary N) is 1. The molecule has 0 saturated carbocycles. The van der Waals surface area contributed by atoms with Crippen molar-refractivity contribution in [3.05, 3.63) is 34.9 Å². The van der Waals surface area contributed by atoms with Gasteiger partial charge in [0, 0.05) is 11.6 Å². The quantitative estimate of drug-likeness (QED) is 0.606. The van der Waals surface area contributed by atoms with Crippen molar-refractivity contribution in [1.82, 2.24) is 0 Å². The van der Waals surface area contributed by atoms with E-state index in [1.54, 1.807) is 4.90 Å². The number of quaternary nitrogens is 2. The first-order valence-corrected chi connectivity index (χ1v) is 11.5. The van der Waals surface area contributed by atoms with Crippen LogP contribution in [0, 0.1) is 11.8 Å². The number of hydrogen-bond donors (Lipinski definition) is 2. The molecule has 0 radical (unpaired) electrons. The molecule has 2 saturated heterocycles. The molecule has 2 atom stereocenters. The monoisotopic (exact) mass is 410 g/mol. The summed E-state index contributed by atoms with van der Waals surface area (Å²) in [6.07, 6.45) is 4.67. The number of rotatable bonds is 9. The minimum Gasteiger partial charge on any atom is -0.376 e. The maximum Gasteiger partial charge on any atom is 0.127 e. The first kappa shape index (κ1) is 22.0. The van der Waals surface area contributed by atoms with Gasteiger partial charge in [-0.05, 0) is 63.0 Å². The van der Waals surface area contributed by atoms with E-state index in [-0.39, 0.29) is 5.60 Å². The topological polar surface area (TPSA) is 39.5 Å². The Kier molecular flexibility index (Phi) is 8.61. The summed E-state index contributed by atoms with van der Waals surface area (Å²) in [6, 6.07) is 8.37. The van der Waals surface area contributed by atoms with Gasteiger partial charge in [-0.3, -0.25) is 0 Å². The average molecular weight is 411 g/mol. The largest absolute Gasteiger partial charge is 0.376 e. The first-order chi connectivity index (χ1) is 13.5. The normalized spacial score (nSPS) is 24.2. The Bertz CT molecular complexity index is 590. The van der Waals surface area contributed by atoms with E-state index in [0.717, 1.165) is 43.6 Å². The van der Waals surface area contributed by atoms with Crippen LogP contribution in [0.15, 0.2) is 24.3 Å². The molecule has 158 valence electrons. The molecule has 3 N–H and O–H groups in total. The molecule has 1 aromatic rings. The van der Waals surface area contributed by atoms with E-state index in [2.05, 4.69) is 31.3 Å². The van der Waals surface area contributed by atoms with Gasteiger partial charge in [-0.2, -0.15) is 0 Å². The van der Waals surface area contributed by atoms with Gasteiger partial charge in [0.15, 0.2) is 0 Å². The van der Waals surface area contributed by atoms with Crippen LogP contribution in [0.3, 0.4) is 0 Å². The fourth-order valence-electron chi connectivity index (χ4n) is 4.82. The molecule has 2 fully saturated rings. The lowest BCUT2D eigenvalue weighted by atomic mass is 9.75. The Morgan fingerprint density at radius 2 is 1.96 bits per heavy atom. The fourth-order valence-corrected chi connectivity index (χ4v) is 5.04. The van der Waals surface area contributed by atoms with Crippen LogP contribution in [-0.2, 0) is 15.9 Å². The summed E-state index contributed by atoms with van der Waals surface area (Å²) in [7, 11) is 0. The zero-order chi connectivity index (χ0) is 19.8. The molecule has 28 heavy (non-hydrogen) atoms. The van der Waals surface area contributed by atoms with Crippen LogP contribution in [0.25, 0.3) is 0 Å².